The van der Waals surface area contributed by atoms with Crippen LogP contribution in [0.5, 0.6) is 0 Å². The average Bonchev–Trinajstić information content (AvgIpc) is 2.64. The molecule has 1 aromatic heterocycles. The quantitative estimate of drug-likeness (QED) is 0.794. The summed E-state index contributed by atoms with van der Waals surface area (Å²) in [4.78, 5) is 4.84. The molecule has 2 nitrogen and oxygen atoms in total. The SMILES string of the molecule is CCC(C)Cc1nc2cc(C(C)(C)C)ccc2n1C. The van der Waals surface area contributed by atoms with Crippen LogP contribution in [0.3, 0.4) is 0 Å². The fourth-order valence-corrected chi connectivity index (χ4v) is 2.35. The lowest BCUT2D eigenvalue weighted by Gasteiger charge is -2.18. The van der Waals surface area contributed by atoms with Crippen LogP contribution in [0.2, 0.25) is 0 Å². The Morgan fingerprint density at radius 1 is 1.26 bits per heavy atom. The molecule has 0 aliphatic rings. The van der Waals surface area contributed by atoms with Crippen molar-refractivity contribution in [1.82, 2.24) is 9.55 Å². The smallest absolute Gasteiger partial charge is 0.109 e. The van der Waals surface area contributed by atoms with Crippen LogP contribution >= 0.6 is 0 Å². The second-order valence-electron chi connectivity index (χ2n) is 6.76. The van der Waals surface area contributed by atoms with E-state index >= 15 is 0 Å². The zero-order chi connectivity index (χ0) is 14.2. The van der Waals surface area contributed by atoms with Gasteiger partial charge in [0, 0.05) is 13.5 Å². The molecule has 0 N–H and O–H groups in total. The van der Waals surface area contributed by atoms with Crippen molar-refractivity contribution in [2.45, 2.75) is 52.9 Å². The van der Waals surface area contributed by atoms with Gasteiger partial charge in [-0.05, 0) is 29.0 Å². The minimum atomic E-state index is 0.183. The van der Waals surface area contributed by atoms with Gasteiger partial charge in [0.1, 0.15) is 5.82 Å². The zero-order valence-electron chi connectivity index (χ0n) is 13.1. The van der Waals surface area contributed by atoms with E-state index in [9.17, 15) is 0 Å². The van der Waals surface area contributed by atoms with Crippen molar-refractivity contribution in [1.29, 1.82) is 0 Å². The van der Waals surface area contributed by atoms with E-state index in [0.29, 0.717) is 5.92 Å². The Hall–Kier alpha value is -1.31. The molecular formula is C17H26N2. The van der Waals surface area contributed by atoms with Crippen LogP contribution < -0.4 is 0 Å². The van der Waals surface area contributed by atoms with Crippen LogP contribution in [-0.2, 0) is 18.9 Å². The molecule has 0 spiro atoms. The van der Waals surface area contributed by atoms with E-state index in [1.807, 2.05) is 0 Å². The number of aromatic nitrogens is 2. The summed E-state index contributed by atoms with van der Waals surface area (Å²) in [7, 11) is 2.13. The fraction of sp³-hybridized carbons (Fsp3) is 0.588. The first-order valence-electron chi connectivity index (χ1n) is 7.28. The molecular weight excluding hydrogens is 232 g/mol. The van der Waals surface area contributed by atoms with Crippen molar-refractivity contribution >= 4 is 11.0 Å². The molecule has 0 aliphatic heterocycles. The molecule has 0 amide bonds. The lowest BCUT2D eigenvalue weighted by atomic mass is 9.87. The van der Waals surface area contributed by atoms with Crippen molar-refractivity contribution in [3.8, 4) is 0 Å². The Morgan fingerprint density at radius 2 is 1.95 bits per heavy atom. The largest absolute Gasteiger partial charge is 0.331 e. The van der Waals surface area contributed by atoms with Crippen LogP contribution in [-0.4, -0.2) is 9.55 Å². The molecule has 2 rings (SSSR count). The third-order valence-electron chi connectivity index (χ3n) is 4.07. The summed E-state index contributed by atoms with van der Waals surface area (Å²) >= 11 is 0. The highest BCUT2D eigenvalue weighted by Crippen LogP contribution is 2.26. The number of hydrogen-bond donors (Lipinski definition) is 0. The van der Waals surface area contributed by atoms with Crippen LogP contribution in [0, 0.1) is 5.92 Å². The third-order valence-corrected chi connectivity index (χ3v) is 4.07. The highest BCUT2D eigenvalue weighted by Gasteiger charge is 2.16. The summed E-state index contributed by atoms with van der Waals surface area (Å²) in [5.74, 6) is 1.90. The fourth-order valence-electron chi connectivity index (χ4n) is 2.35. The number of imidazole rings is 1. The van der Waals surface area contributed by atoms with Crippen LogP contribution in [0.4, 0.5) is 0 Å². The van der Waals surface area contributed by atoms with E-state index in [0.717, 1.165) is 11.9 Å². The molecule has 0 saturated heterocycles. The Balaban J connectivity index is 2.45. The highest BCUT2D eigenvalue weighted by molar-refractivity contribution is 5.77. The van der Waals surface area contributed by atoms with Gasteiger partial charge in [-0.2, -0.15) is 0 Å². The zero-order valence-corrected chi connectivity index (χ0v) is 13.1. The van der Waals surface area contributed by atoms with Crippen LogP contribution in [0.25, 0.3) is 11.0 Å². The number of fused-ring (bicyclic) bond motifs is 1. The number of nitrogens with zero attached hydrogens (tertiary/aromatic N) is 2. The van der Waals surface area contributed by atoms with Gasteiger partial charge < -0.3 is 4.57 Å². The molecule has 0 fully saturated rings. The van der Waals surface area contributed by atoms with Crippen molar-refractivity contribution in [3.05, 3.63) is 29.6 Å². The maximum absolute atomic E-state index is 4.84. The molecule has 104 valence electrons. The van der Waals surface area contributed by atoms with Gasteiger partial charge in [-0.25, -0.2) is 4.98 Å². The summed E-state index contributed by atoms with van der Waals surface area (Å²) in [5.41, 5.74) is 3.91. The number of benzene rings is 1. The van der Waals surface area contributed by atoms with E-state index in [-0.39, 0.29) is 5.41 Å². The molecule has 0 radical (unpaired) electrons. The van der Waals surface area contributed by atoms with E-state index < -0.39 is 0 Å². The monoisotopic (exact) mass is 258 g/mol. The molecule has 1 atom stereocenters. The Bertz CT molecular complexity index is 573. The Labute approximate surface area is 116 Å². The standard InChI is InChI=1S/C17H26N2/c1-7-12(2)10-16-18-14-11-13(17(3,4)5)8-9-15(14)19(16)6/h8-9,11-12H,7,10H2,1-6H3. The van der Waals surface area contributed by atoms with Gasteiger partial charge in [0.25, 0.3) is 0 Å². The first-order chi connectivity index (χ1) is 8.82. The van der Waals surface area contributed by atoms with Gasteiger partial charge >= 0.3 is 0 Å². The van der Waals surface area contributed by atoms with Crippen molar-refractivity contribution < 1.29 is 0 Å². The summed E-state index contributed by atoms with van der Waals surface area (Å²) in [5, 5.41) is 0. The first-order valence-corrected chi connectivity index (χ1v) is 7.28. The number of rotatable bonds is 3. The summed E-state index contributed by atoms with van der Waals surface area (Å²) < 4.78 is 2.24. The van der Waals surface area contributed by atoms with E-state index in [4.69, 9.17) is 4.98 Å². The van der Waals surface area contributed by atoms with Gasteiger partial charge in [-0.1, -0.05) is 47.1 Å². The van der Waals surface area contributed by atoms with E-state index in [1.54, 1.807) is 0 Å². The van der Waals surface area contributed by atoms with Gasteiger partial charge in [0.2, 0.25) is 0 Å². The molecule has 19 heavy (non-hydrogen) atoms. The summed E-state index contributed by atoms with van der Waals surface area (Å²) in [6.07, 6.45) is 2.27. The highest BCUT2D eigenvalue weighted by atomic mass is 15.1. The van der Waals surface area contributed by atoms with Gasteiger partial charge in [0.05, 0.1) is 11.0 Å². The molecule has 0 bridgehead atoms. The average molecular weight is 258 g/mol. The molecule has 1 aromatic carbocycles. The van der Waals surface area contributed by atoms with Crippen LogP contribution in [0.15, 0.2) is 18.2 Å². The number of aryl methyl sites for hydroxylation is 1. The summed E-state index contributed by atoms with van der Waals surface area (Å²) in [6, 6.07) is 6.69. The molecule has 1 heterocycles. The maximum Gasteiger partial charge on any atom is 0.109 e. The van der Waals surface area contributed by atoms with Gasteiger partial charge in [-0.3, -0.25) is 0 Å². The Kier molecular flexibility index (Phi) is 3.71. The van der Waals surface area contributed by atoms with Crippen molar-refractivity contribution in [3.63, 3.8) is 0 Å². The van der Waals surface area contributed by atoms with E-state index in [2.05, 4.69) is 64.4 Å². The predicted molar refractivity (Wildman–Crippen MR) is 82.6 cm³/mol. The normalized spacial score (nSPS) is 14.0. The third kappa shape index (κ3) is 2.83. The van der Waals surface area contributed by atoms with E-state index in [1.165, 1.54) is 23.3 Å². The lowest BCUT2D eigenvalue weighted by Crippen LogP contribution is -2.10. The molecule has 2 aromatic rings. The first kappa shape index (κ1) is 14.1. The molecule has 0 aliphatic carbocycles. The minimum Gasteiger partial charge on any atom is -0.331 e. The molecule has 1 unspecified atom stereocenters. The van der Waals surface area contributed by atoms with Gasteiger partial charge in [-0.15, -0.1) is 0 Å². The van der Waals surface area contributed by atoms with Crippen molar-refractivity contribution in [2.24, 2.45) is 13.0 Å². The van der Waals surface area contributed by atoms with Crippen molar-refractivity contribution in [2.75, 3.05) is 0 Å². The summed E-state index contributed by atoms with van der Waals surface area (Å²) in [6.45, 7) is 11.3. The van der Waals surface area contributed by atoms with Gasteiger partial charge in [0.15, 0.2) is 0 Å². The Morgan fingerprint density at radius 3 is 2.53 bits per heavy atom. The molecule has 2 heteroatoms. The second-order valence-corrected chi connectivity index (χ2v) is 6.76. The topological polar surface area (TPSA) is 17.8 Å². The predicted octanol–water partition coefficient (Wildman–Crippen LogP) is 4.46. The second kappa shape index (κ2) is 4.99. The minimum absolute atomic E-state index is 0.183. The van der Waals surface area contributed by atoms with Crippen LogP contribution in [0.1, 0.15) is 52.4 Å². The maximum atomic E-state index is 4.84. The lowest BCUT2D eigenvalue weighted by molar-refractivity contribution is 0.535. The number of hydrogen-bond acceptors (Lipinski definition) is 1. The molecule has 0 saturated carbocycles.